The predicted molar refractivity (Wildman–Crippen MR) is 121 cm³/mol. The Morgan fingerprint density at radius 1 is 0.903 bits per heavy atom. The molecule has 180 valence electrons. The van der Waals surface area contributed by atoms with Crippen LogP contribution in [0.25, 0.3) is 0 Å². The average Bonchev–Trinajstić information content (AvgIpc) is 2.64. The van der Waals surface area contributed by atoms with Crippen LogP contribution in [0.2, 0.25) is 0 Å². The van der Waals surface area contributed by atoms with E-state index in [0.29, 0.717) is 13.1 Å². The molecule has 0 saturated carbocycles. The topological polar surface area (TPSA) is 165 Å². The van der Waals surface area contributed by atoms with Crippen LogP contribution in [-0.2, 0) is 24.0 Å². The molecule has 0 aromatic rings. The monoisotopic (exact) mass is 444 g/mol. The number of ketones is 4. The number of hydrogen-bond acceptors (Lipinski definition) is 8. The molecule has 0 aliphatic rings. The number of rotatable bonds is 11. The highest BCUT2D eigenvalue weighted by Crippen LogP contribution is 1.95. The second-order valence-corrected chi connectivity index (χ2v) is 6.57. The van der Waals surface area contributed by atoms with E-state index in [2.05, 4.69) is 15.6 Å². The maximum absolute atomic E-state index is 11.2. The minimum atomic E-state index is -0.709. The summed E-state index contributed by atoms with van der Waals surface area (Å²) < 4.78 is 0. The number of carbonyl (C=O) groups is 5. The number of aliphatic imine (C=N–C) groups is 1. The van der Waals surface area contributed by atoms with Gasteiger partial charge in [-0.05, 0) is 40.5 Å². The van der Waals surface area contributed by atoms with Gasteiger partial charge in [0.2, 0.25) is 6.08 Å². The molecule has 0 saturated heterocycles. The number of isocyanates is 1. The molecule has 2 amide bonds. The first-order chi connectivity index (χ1) is 13.9. The van der Waals surface area contributed by atoms with E-state index < -0.39 is 18.1 Å². The van der Waals surface area contributed by atoms with Crippen molar-refractivity contribution in [2.45, 2.75) is 86.7 Å². The summed E-state index contributed by atoms with van der Waals surface area (Å²) >= 11 is 0. The van der Waals surface area contributed by atoms with Gasteiger partial charge in [0.15, 0.2) is 5.78 Å². The SMILES string of the molecule is C.CC(=O)C[C@H](N)C(C)=O.CCCN=C=O.CCCNC(=O)N[C@@H](CC(C)=O)C(C)=O. The summed E-state index contributed by atoms with van der Waals surface area (Å²) in [5.74, 6) is -0.509. The van der Waals surface area contributed by atoms with Crippen LogP contribution in [0.3, 0.4) is 0 Å². The van der Waals surface area contributed by atoms with Crippen molar-refractivity contribution in [2.75, 3.05) is 13.1 Å². The van der Waals surface area contributed by atoms with Gasteiger partial charge in [-0.25, -0.2) is 14.6 Å². The van der Waals surface area contributed by atoms with E-state index in [1.165, 1.54) is 33.8 Å². The summed E-state index contributed by atoms with van der Waals surface area (Å²) in [7, 11) is 0. The lowest BCUT2D eigenvalue weighted by Crippen LogP contribution is -2.46. The van der Waals surface area contributed by atoms with Gasteiger partial charge in [-0.2, -0.15) is 0 Å². The molecule has 10 nitrogen and oxygen atoms in total. The van der Waals surface area contributed by atoms with Gasteiger partial charge in [0.05, 0.1) is 18.6 Å². The number of urea groups is 1. The van der Waals surface area contributed by atoms with Crippen LogP contribution >= 0.6 is 0 Å². The van der Waals surface area contributed by atoms with Gasteiger partial charge in [-0.1, -0.05) is 21.3 Å². The van der Waals surface area contributed by atoms with E-state index in [0.717, 1.165) is 12.8 Å². The quantitative estimate of drug-likeness (QED) is 0.323. The fraction of sp³-hybridized carbons (Fsp3) is 0.714. The Kier molecular flexibility index (Phi) is 27.1. The van der Waals surface area contributed by atoms with Crippen molar-refractivity contribution in [3.05, 3.63) is 0 Å². The molecule has 4 N–H and O–H groups in total. The van der Waals surface area contributed by atoms with Crippen molar-refractivity contribution in [1.29, 1.82) is 0 Å². The molecule has 0 unspecified atom stereocenters. The van der Waals surface area contributed by atoms with Crippen molar-refractivity contribution < 1.29 is 28.8 Å². The Balaban J connectivity index is -0.000000194. The molecule has 2 atom stereocenters. The minimum absolute atomic E-state index is 0. The van der Waals surface area contributed by atoms with Gasteiger partial charge in [0.1, 0.15) is 17.3 Å². The largest absolute Gasteiger partial charge is 0.338 e. The lowest BCUT2D eigenvalue weighted by Gasteiger charge is -2.14. The normalized spacial score (nSPS) is 10.7. The Hall–Kier alpha value is -2.71. The van der Waals surface area contributed by atoms with E-state index in [4.69, 9.17) is 5.73 Å². The third-order valence-electron chi connectivity index (χ3n) is 3.25. The highest BCUT2D eigenvalue weighted by Gasteiger charge is 2.18. The van der Waals surface area contributed by atoms with Crippen molar-refractivity contribution >= 4 is 35.2 Å². The maximum atomic E-state index is 11.2. The number of amides is 2. The zero-order valence-corrected chi connectivity index (χ0v) is 18.9. The highest BCUT2D eigenvalue weighted by atomic mass is 16.2. The van der Waals surface area contributed by atoms with Crippen molar-refractivity contribution in [1.82, 2.24) is 10.6 Å². The Labute approximate surface area is 185 Å². The summed E-state index contributed by atoms with van der Waals surface area (Å²) in [4.78, 5) is 66.4. The number of nitrogens with zero attached hydrogens (tertiary/aromatic N) is 1. The number of Topliss-reactive ketones (excluding diaryl/α,β-unsaturated/α-hetero) is 4. The maximum Gasteiger partial charge on any atom is 0.315 e. The fourth-order valence-electron chi connectivity index (χ4n) is 1.64. The van der Waals surface area contributed by atoms with Gasteiger partial charge in [-0.3, -0.25) is 19.2 Å². The van der Waals surface area contributed by atoms with Gasteiger partial charge in [-0.15, -0.1) is 0 Å². The van der Waals surface area contributed by atoms with Crippen LogP contribution in [0, 0.1) is 0 Å². The molecule has 10 heteroatoms. The van der Waals surface area contributed by atoms with Gasteiger partial charge < -0.3 is 16.4 Å². The van der Waals surface area contributed by atoms with Gasteiger partial charge in [0, 0.05) is 19.4 Å². The molecule has 0 fully saturated rings. The molecule has 0 heterocycles. The summed E-state index contributed by atoms with van der Waals surface area (Å²) in [6.07, 6.45) is 3.41. The Bertz CT molecular complexity index is 601. The fourth-order valence-corrected chi connectivity index (χ4v) is 1.64. The first-order valence-electron chi connectivity index (χ1n) is 9.76. The van der Waals surface area contributed by atoms with Crippen LogP contribution in [0.5, 0.6) is 0 Å². The minimum Gasteiger partial charge on any atom is -0.338 e. The van der Waals surface area contributed by atoms with Crippen LogP contribution < -0.4 is 16.4 Å². The zero-order chi connectivity index (χ0) is 24.1. The Morgan fingerprint density at radius 3 is 1.68 bits per heavy atom. The molecule has 0 rings (SSSR count). The third-order valence-corrected chi connectivity index (χ3v) is 3.25. The number of hydrogen-bond donors (Lipinski definition) is 3. The third kappa shape index (κ3) is 29.6. The second-order valence-electron chi connectivity index (χ2n) is 6.57. The first-order valence-corrected chi connectivity index (χ1v) is 9.76. The van der Waals surface area contributed by atoms with Crippen molar-refractivity contribution in [2.24, 2.45) is 10.7 Å². The molecule has 0 aliphatic carbocycles. The molecule has 0 aromatic heterocycles. The molecule has 31 heavy (non-hydrogen) atoms. The molecular weight excluding hydrogens is 404 g/mol. The molecule has 0 aliphatic heterocycles. The number of nitrogens with two attached hydrogens (primary N) is 1. The summed E-state index contributed by atoms with van der Waals surface area (Å²) in [6.45, 7) is 10.6. The summed E-state index contributed by atoms with van der Waals surface area (Å²) in [5, 5.41) is 5.04. The predicted octanol–water partition coefficient (Wildman–Crippen LogP) is 1.88. The average molecular weight is 445 g/mol. The number of carbonyl (C=O) groups excluding carboxylic acids is 6. The van der Waals surface area contributed by atoms with Crippen LogP contribution in [-0.4, -0.2) is 60.4 Å². The first kappa shape index (κ1) is 35.7. The lowest BCUT2D eigenvalue weighted by molar-refractivity contribution is -0.123. The molecule has 0 aromatic carbocycles. The molecule has 0 spiro atoms. The summed E-state index contributed by atoms with van der Waals surface area (Å²) in [5.41, 5.74) is 5.25. The van der Waals surface area contributed by atoms with E-state index in [1.807, 2.05) is 13.8 Å². The van der Waals surface area contributed by atoms with Gasteiger partial charge >= 0.3 is 6.03 Å². The van der Waals surface area contributed by atoms with Crippen LogP contribution in [0.4, 0.5) is 4.79 Å². The molecular formula is C21H40N4O6. The van der Waals surface area contributed by atoms with Crippen LogP contribution in [0.15, 0.2) is 4.99 Å². The molecule has 0 radical (unpaired) electrons. The van der Waals surface area contributed by atoms with Crippen LogP contribution in [0.1, 0.15) is 74.7 Å². The van der Waals surface area contributed by atoms with E-state index >= 15 is 0 Å². The van der Waals surface area contributed by atoms with Crippen molar-refractivity contribution in [3.63, 3.8) is 0 Å². The standard InChI is InChI=1S/C10H18N2O3.C6H11NO2.C4H7NO.CH4/c1-4-5-11-10(15)12-9(8(3)14)6-7(2)13;1-4(8)3-6(7)5(2)9;1-2-3-5-4-6;/h9H,4-6H2,1-3H3,(H2,11,12,15);6H,3,7H2,1-2H3;2-3H2,1H3;1H4/t9-;6-;;/m00../s1. The van der Waals surface area contributed by atoms with Gasteiger partial charge in [0.25, 0.3) is 0 Å². The second kappa shape index (κ2) is 23.6. The van der Waals surface area contributed by atoms with E-state index in [1.54, 1.807) is 0 Å². The van der Waals surface area contributed by atoms with E-state index in [9.17, 15) is 28.8 Å². The summed E-state index contributed by atoms with van der Waals surface area (Å²) in [6, 6.07) is -1.71. The highest BCUT2D eigenvalue weighted by molar-refractivity contribution is 5.91. The van der Waals surface area contributed by atoms with E-state index in [-0.39, 0.29) is 43.4 Å². The Morgan fingerprint density at radius 2 is 1.42 bits per heavy atom. The lowest BCUT2D eigenvalue weighted by atomic mass is 10.1. The van der Waals surface area contributed by atoms with Crippen molar-refractivity contribution in [3.8, 4) is 0 Å². The number of nitrogens with one attached hydrogen (secondary N) is 2. The molecule has 0 bridgehead atoms. The zero-order valence-electron chi connectivity index (χ0n) is 18.9. The smallest absolute Gasteiger partial charge is 0.315 e.